The number of carbonyl (C=O) groups excluding carboxylic acids is 1. The molecule has 1 atom stereocenters. The average Bonchev–Trinajstić information content (AvgIpc) is 3.03. The van der Waals surface area contributed by atoms with Crippen molar-refractivity contribution in [2.75, 3.05) is 6.54 Å². The summed E-state index contributed by atoms with van der Waals surface area (Å²) < 4.78 is 2.31. The molecule has 2 heterocycles. The first kappa shape index (κ1) is 14.1. The molecule has 112 valence electrons. The van der Waals surface area contributed by atoms with E-state index in [0.717, 1.165) is 37.3 Å². The van der Waals surface area contributed by atoms with Crippen molar-refractivity contribution < 1.29 is 4.79 Å². The van der Waals surface area contributed by atoms with Crippen LogP contribution in [-0.2, 0) is 11.3 Å². The molecule has 1 amide bonds. The average molecular weight is 285 g/mol. The van der Waals surface area contributed by atoms with Gasteiger partial charge in [0.1, 0.15) is 5.82 Å². The van der Waals surface area contributed by atoms with Crippen LogP contribution >= 0.6 is 0 Å². The lowest BCUT2D eigenvalue weighted by molar-refractivity contribution is -0.129. The predicted octanol–water partition coefficient (Wildman–Crippen LogP) is 3.38. The SMILES string of the molecule is CC(=O)N1CCCC1c1nc2ccccc2n1CC(C)C. The van der Waals surface area contributed by atoms with Crippen LogP contribution in [0.4, 0.5) is 0 Å². The first-order valence-electron chi connectivity index (χ1n) is 7.80. The lowest BCUT2D eigenvalue weighted by atomic mass is 10.1. The molecule has 1 aromatic carbocycles. The molecule has 0 aliphatic carbocycles. The molecule has 1 aliphatic heterocycles. The summed E-state index contributed by atoms with van der Waals surface area (Å²) in [5.74, 6) is 1.76. The third-order valence-electron chi connectivity index (χ3n) is 4.19. The second-order valence-corrected chi connectivity index (χ2v) is 6.33. The molecule has 4 heteroatoms. The standard InChI is InChI=1S/C17H23N3O/c1-12(2)11-20-15-8-5-4-7-14(15)18-17(20)16-9-6-10-19(16)13(3)21/h4-5,7-8,12,16H,6,9-11H2,1-3H3. The molecule has 0 radical (unpaired) electrons. The minimum atomic E-state index is 0.133. The number of carbonyl (C=O) groups is 1. The maximum atomic E-state index is 11.9. The van der Waals surface area contributed by atoms with E-state index < -0.39 is 0 Å². The molecule has 1 unspecified atom stereocenters. The van der Waals surface area contributed by atoms with Crippen molar-refractivity contribution >= 4 is 16.9 Å². The van der Waals surface area contributed by atoms with Crippen molar-refractivity contribution in [2.24, 2.45) is 5.92 Å². The number of para-hydroxylation sites is 2. The Morgan fingerprint density at radius 2 is 2.14 bits per heavy atom. The van der Waals surface area contributed by atoms with E-state index in [0.29, 0.717) is 5.92 Å². The van der Waals surface area contributed by atoms with Crippen LogP contribution in [-0.4, -0.2) is 26.9 Å². The Morgan fingerprint density at radius 1 is 1.38 bits per heavy atom. The first-order chi connectivity index (χ1) is 10.1. The normalized spacial score (nSPS) is 18.9. The Morgan fingerprint density at radius 3 is 2.86 bits per heavy atom. The summed E-state index contributed by atoms with van der Waals surface area (Å²) in [5, 5.41) is 0. The van der Waals surface area contributed by atoms with Gasteiger partial charge < -0.3 is 9.47 Å². The number of hydrogen-bond acceptors (Lipinski definition) is 2. The summed E-state index contributed by atoms with van der Waals surface area (Å²) in [6, 6.07) is 8.40. The van der Waals surface area contributed by atoms with Crippen molar-refractivity contribution in [3.63, 3.8) is 0 Å². The minimum absolute atomic E-state index is 0.133. The van der Waals surface area contributed by atoms with Crippen LogP contribution in [0.3, 0.4) is 0 Å². The fourth-order valence-corrected chi connectivity index (χ4v) is 3.32. The van der Waals surface area contributed by atoms with Crippen molar-refractivity contribution in [1.29, 1.82) is 0 Å². The predicted molar refractivity (Wildman–Crippen MR) is 83.9 cm³/mol. The molecule has 0 saturated carbocycles. The van der Waals surface area contributed by atoms with Crippen LogP contribution in [0, 0.1) is 5.92 Å². The molecule has 2 aromatic rings. The van der Waals surface area contributed by atoms with Crippen LogP contribution in [0.2, 0.25) is 0 Å². The number of hydrogen-bond donors (Lipinski definition) is 0. The molecular formula is C17H23N3O. The number of benzene rings is 1. The fourth-order valence-electron chi connectivity index (χ4n) is 3.32. The maximum Gasteiger partial charge on any atom is 0.220 e. The topological polar surface area (TPSA) is 38.1 Å². The number of likely N-dealkylation sites (tertiary alicyclic amines) is 1. The first-order valence-corrected chi connectivity index (χ1v) is 7.80. The van der Waals surface area contributed by atoms with Gasteiger partial charge in [0, 0.05) is 20.0 Å². The van der Waals surface area contributed by atoms with Gasteiger partial charge in [-0.15, -0.1) is 0 Å². The van der Waals surface area contributed by atoms with E-state index in [9.17, 15) is 4.79 Å². The summed E-state index contributed by atoms with van der Waals surface area (Å²) in [6.07, 6.45) is 2.08. The van der Waals surface area contributed by atoms with Gasteiger partial charge in [-0.25, -0.2) is 4.98 Å². The smallest absolute Gasteiger partial charge is 0.220 e. The van der Waals surface area contributed by atoms with Crippen LogP contribution in [0.5, 0.6) is 0 Å². The second kappa shape index (κ2) is 5.51. The number of amides is 1. The largest absolute Gasteiger partial charge is 0.333 e. The zero-order valence-electron chi connectivity index (χ0n) is 13.0. The van der Waals surface area contributed by atoms with E-state index in [2.05, 4.69) is 36.6 Å². The summed E-state index contributed by atoms with van der Waals surface area (Å²) in [5.41, 5.74) is 2.21. The van der Waals surface area contributed by atoms with Gasteiger partial charge >= 0.3 is 0 Å². The molecule has 1 aromatic heterocycles. The fraction of sp³-hybridized carbons (Fsp3) is 0.529. The number of nitrogens with zero attached hydrogens (tertiary/aromatic N) is 3. The van der Waals surface area contributed by atoms with Crippen LogP contribution in [0.25, 0.3) is 11.0 Å². The molecule has 1 fully saturated rings. The third-order valence-corrected chi connectivity index (χ3v) is 4.19. The Hall–Kier alpha value is -1.84. The molecule has 0 N–H and O–H groups in total. The molecule has 3 rings (SSSR count). The van der Waals surface area contributed by atoms with E-state index in [1.165, 1.54) is 5.52 Å². The molecular weight excluding hydrogens is 262 g/mol. The number of aromatic nitrogens is 2. The maximum absolute atomic E-state index is 11.9. The van der Waals surface area contributed by atoms with Crippen LogP contribution in [0.1, 0.15) is 45.5 Å². The number of rotatable bonds is 3. The molecule has 0 spiro atoms. The summed E-state index contributed by atoms with van der Waals surface area (Å²) in [6.45, 7) is 7.89. The van der Waals surface area contributed by atoms with E-state index in [4.69, 9.17) is 4.98 Å². The van der Waals surface area contributed by atoms with Gasteiger partial charge in [0.25, 0.3) is 0 Å². The zero-order valence-corrected chi connectivity index (χ0v) is 13.0. The van der Waals surface area contributed by atoms with Crippen molar-refractivity contribution in [3.05, 3.63) is 30.1 Å². The number of imidazole rings is 1. The van der Waals surface area contributed by atoms with E-state index in [-0.39, 0.29) is 11.9 Å². The van der Waals surface area contributed by atoms with Gasteiger partial charge in [0.05, 0.1) is 17.1 Å². The Bertz CT molecular complexity index is 659. The minimum Gasteiger partial charge on any atom is -0.333 e. The zero-order chi connectivity index (χ0) is 15.0. The van der Waals surface area contributed by atoms with Gasteiger partial charge in [-0.05, 0) is 30.9 Å². The summed E-state index contributed by atoms with van der Waals surface area (Å²) in [4.78, 5) is 18.7. The Labute approximate surface area is 125 Å². The lowest BCUT2D eigenvalue weighted by Crippen LogP contribution is -2.30. The van der Waals surface area contributed by atoms with Crippen molar-refractivity contribution in [1.82, 2.24) is 14.5 Å². The van der Waals surface area contributed by atoms with Gasteiger partial charge in [0.15, 0.2) is 0 Å². The van der Waals surface area contributed by atoms with E-state index in [1.807, 2.05) is 11.0 Å². The Kier molecular flexibility index (Phi) is 3.70. The lowest BCUT2D eigenvalue weighted by Gasteiger charge is -2.24. The second-order valence-electron chi connectivity index (χ2n) is 6.33. The van der Waals surface area contributed by atoms with Crippen LogP contribution < -0.4 is 0 Å². The van der Waals surface area contributed by atoms with Crippen molar-refractivity contribution in [2.45, 2.75) is 46.2 Å². The summed E-state index contributed by atoms with van der Waals surface area (Å²) >= 11 is 0. The van der Waals surface area contributed by atoms with Crippen molar-refractivity contribution in [3.8, 4) is 0 Å². The van der Waals surface area contributed by atoms with Gasteiger partial charge in [-0.2, -0.15) is 0 Å². The highest BCUT2D eigenvalue weighted by Crippen LogP contribution is 2.33. The molecule has 0 bridgehead atoms. The highest BCUT2D eigenvalue weighted by atomic mass is 16.2. The molecule has 4 nitrogen and oxygen atoms in total. The quantitative estimate of drug-likeness (QED) is 0.867. The highest BCUT2D eigenvalue weighted by Gasteiger charge is 2.32. The van der Waals surface area contributed by atoms with Gasteiger partial charge in [-0.1, -0.05) is 26.0 Å². The molecule has 1 saturated heterocycles. The van der Waals surface area contributed by atoms with Gasteiger partial charge in [0.2, 0.25) is 5.91 Å². The third kappa shape index (κ3) is 2.55. The molecule has 1 aliphatic rings. The monoisotopic (exact) mass is 285 g/mol. The number of fused-ring (bicyclic) bond motifs is 1. The van der Waals surface area contributed by atoms with Crippen LogP contribution in [0.15, 0.2) is 24.3 Å². The Balaban J connectivity index is 2.10. The molecule has 21 heavy (non-hydrogen) atoms. The summed E-state index contributed by atoms with van der Waals surface area (Å²) in [7, 11) is 0. The van der Waals surface area contributed by atoms with Gasteiger partial charge in [-0.3, -0.25) is 4.79 Å². The van der Waals surface area contributed by atoms with E-state index in [1.54, 1.807) is 6.92 Å². The van der Waals surface area contributed by atoms with E-state index >= 15 is 0 Å². The highest BCUT2D eigenvalue weighted by molar-refractivity contribution is 5.77.